The van der Waals surface area contributed by atoms with Gasteiger partial charge in [0.25, 0.3) is 0 Å². The van der Waals surface area contributed by atoms with E-state index in [1.54, 1.807) is 12.1 Å². The number of alkyl halides is 3. The quantitative estimate of drug-likeness (QED) is 0.712. The van der Waals surface area contributed by atoms with Crippen molar-refractivity contribution in [1.82, 2.24) is 4.90 Å². The second kappa shape index (κ2) is 6.17. The standard InChI is InChI=1S/C21H22F3N/c22-21(23,24)18-9-7-17(8-10-18)19-13-20(19)11-4-12-25(15-20)14-16-5-2-1-3-6-16/h1-3,5-10,19H,4,11-15H2/t19-,20-/m1/s1. The predicted molar refractivity (Wildman–Crippen MR) is 92.2 cm³/mol. The number of rotatable bonds is 3. The Hall–Kier alpha value is -1.81. The Kier molecular flexibility index (Phi) is 4.11. The topological polar surface area (TPSA) is 3.24 Å². The van der Waals surface area contributed by atoms with Crippen LogP contribution in [0.5, 0.6) is 0 Å². The summed E-state index contributed by atoms with van der Waals surface area (Å²) in [6.45, 7) is 3.12. The van der Waals surface area contributed by atoms with Crippen molar-refractivity contribution in [3.8, 4) is 0 Å². The highest BCUT2D eigenvalue weighted by Crippen LogP contribution is 2.63. The number of halogens is 3. The van der Waals surface area contributed by atoms with Crippen molar-refractivity contribution in [2.75, 3.05) is 13.1 Å². The zero-order valence-corrected chi connectivity index (χ0v) is 14.1. The number of hydrogen-bond acceptors (Lipinski definition) is 1. The highest BCUT2D eigenvalue weighted by atomic mass is 19.4. The molecule has 0 aromatic heterocycles. The molecule has 2 atom stereocenters. The van der Waals surface area contributed by atoms with Gasteiger partial charge in [-0.2, -0.15) is 13.2 Å². The first-order valence-corrected chi connectivity index (χ1v) is 8.90. The minimum Gasteiger partial charge on any atom is -0.299 e. The van der Waals surface area contributed by atoms with Crippen LogP contribution in [-0.4, -0.2) is 18.0 Å². The molecule has 1 nitrogen and oxygen atoms in total. The van der Waals surface area contributed by atoms with Crippen LogP contribution in [0.1, 0.15) is 41.9 Å². The molecule has 1 heterocycles. The second-order valence-corrected chi connectivity index (χ2v) is 7.54. The van der Waals surface area contributed by atoms with Crippen LogP contribution < -0.4 is 0 Å². The SMILES string of the molecule is FC(F)(F)c1ccc([C@H]2C[C@@]23CCCN(Cc2ccccc2)C3)cc1. The number of hydrogen-bond donors (Lipinski definition) is 0. The van der Waals surface area contributed by atoms with Gasteiger partial charge in [-0.25, -0.2) is 0 Å². The Morgan fingerprint density at radius 1 is 1.00 bits per heavy atom. The van der Waals surface area contributed by atoms with E-state index in [4.69, 9.17) is 0 Å². The highest BCUT2D eigenvalue weighted by molar-refractivity contribution is 5.34. The van der Waals surface area contributed by atoms with E-state index in [2.05, 4.69) is 29.2 Å². The molecule has 0 amide bonds. The zero-order valence-electron chi connectivity index (χ0n) is 14.1. The molecule has 4 rings (SSSR count). The van der Waals surface area contributed by atoms with E-state index in [9.17, 15) is 13.2 Å². The van der Waals surface area contributed by atoms with Gasteiger partial charge in [0.1, 0.15) is 0 Å². The lowest BCUT2D eigenvalue weighted by Gasteiger charge is -2.34. The predicted octanol–water partition coefficient (Wildman–Crippen LogP) is 5.48. The first-order valence-electron chi connectivity index (χ1n) is 8.90. The van der Waals surface area contributed by atoms with Gasteiger partial charge < -0.3 is 0 Å². The van der Waals surface area contributed by atoms with Gasteiger partial charge in [-0.1, -0.05) is 42.5 Å². The summed E-state index contributed by atoms with van der Waals surface area (Å²) in [5.74, 6) is 0.411. The van der Waals surface area contributed by atoms with Crippen molar-refractivity contribution in [1.29, 1.82) is 0 Å². The maximum atomic E-state index is 12.7. The minimum atomic E-state index is -4.25. The molecule has 1 aliphatic heterocycles. The molecule has 1 aliphatic carbocycles. The van der Waals surface area contributed by atoms with Gasteiger partial charge >= 0.3 is 6.18 Å². The van der Waals surface area contributed by atoms with Gasteiger partial charge in [0.2, 0.25) is 0 Å². The molecular weight excluding hydrogens is 323 g/mol. The Bertz CT molecular complexity index is 723. The molecule has 25 heavy (non-hydrogen) atoms. The first kappa shape index (κ1) is 16.6. The summed E-state index contributed by atoms with van der Waals surface area (Å²) in [5.41, 5.74) is 2.11. The van der Waals surface area contributed by atoms with E-state index in [-0.39, 0.29) is 5.41 Å². The van der Waals surface area contributed by atoms with Crippen LogP contribution in [0, 0.1) is 5.41 Å². The fourth-order valence-corrected chi connectivity index (χ4v) is 4.41. The molecule has 0 unspecified atom stereocenters. The van der Waals surface area contributed by atoms with Crippen molar-refractivity contribution >= 4 is 0 Å². The molecule has 1 saturated heterocycles. The molecule has 2 aromatic carbocycles. The van der Waals surface area contributed by atoms with Gasteiger partial charge in [-0.15, -0.1) is 0 Å². The summed E-state index contributed by atoms with van der Waals surface area (Å²) in [6, 6.07) is 16.3. The van der Waals surface area contributed by atoms with E-state index >= 15 is 0 Å². The lowest BCUT2D eigenvalue weighted by molar-refractivity contribution is -0.137. The highest BCUT2D eigenvalue weighted by Gasteiger charge is 2.55. The Morgan fingerprint density at radius 2 is 1.72 bits per heavy atom. The van der Waals surface area contributed by atoms with Gasteiger partial charge in [-0.3, -0.25) is 4.90 Å². The third kappa shape index (κ3) is 3.45. The first-order chi connectivity index (χ1) is 12.0. The molecule has 0 N–H and O–H groups in total. The summed E-state index contributed by atoms with van der Waals surface area (Å²) in [6.07, 6.45) is -0.797. The van der Waals surface area contributed by atoms with Crippen molar-refractivity contribution in [3.63, 3.8) is 0 Å². The second-order valence-electron chi connectivity index (χ2n) is 7.54. The smallest absolute Gasteiger partial charge is 0.299 e. The lowest BCUT2D eigenvalue weighted by atomic mass is 9.89. The number of nitrogens with zero attached hydrogens (tertiary/aromatic N) is 1. The number of piperidine rings is 1. The molecular formula is C21H22F3N. The van der Waals surface area contributed by atoms with E-state index in [1.165, 1.54) is 30.5 Å². The van der Waals surface area contributed by atoms with Crippen molar-refractivity contribution < 1.29 is 13.2 Å². The molecule has 2 aromatic rings. The van der Waals surface area contributed by atoms with Gasteiger partial charge in [0.15, 0.2) is 0 Å². The Labute approximate surface area is 146 Å². The van der Waals surface area contributed by atoms with Crippen LogP contribution in [-0.2, 0) is 12.7 Å². The molecule has 1 spiro atoms. The van der Waals surface area contributed by atoms with Crippen LogP contribution in [0.2, 0.25) is 0 Å². The largest absolute Gasteiger partial charge is 0.416 e. The van der Waals surface area contributed by atoms with Crippen LogP contribution in [0.4, 0.5) is 13.2 Å². The lowest BCUT2D eigenvalue weighted by Crippen LogP contribution is -2.36. The fraction of sp³-hybridized carbons (Fsp3) is 0.429. The fourth-order valence-electron chi connectivity index (χ4n) is 4.41. The van der Waals surface area contributed by atoms with Crippen molar-refractivity contribution in [3.05, 3.63) is 71.3 Å². The maximum Gasteiger partial charge on any atom is 0.416 e. The van der Waals surface area contributed by atoms with Crippen LogP contribution in [0.15, 0.2) is 54.6 Å². The molecule has 2 aliphatic rings. The van der Waals surface area contributed by atoms with Crippen LogP contribution in [0.3, 0.4) is 0 Å². The van der Waals surface area contributed by atoms with Gasteiger partial charge in [-0.05, 0) is 60.4 Å². The molecule has 4 heteroatoms. The number of benzene rings is 2. The van der Waals surface area contributed by atoms with E-state index in [1.807, 2.05) is 6.07 Å². The summed E-state index contributed by atoms with van der Waals surface area (Å²) in [4.78, 5) is 2.50. The molecule has 2 fully saturated rings. The molecule has 1 saturated carbocycles. The third-order valence-corrected chi connectivity index (χ3v) is 5.77. The number of likely N-dealkylation sites (tertiary alicyclic amines) is 1. The summed E-state index contributed by atoms with van der Waals surface area (Å²) in [7, 11) is 0. The molecule has 0 radical (unpaired) electrons. The van der Waals surface area contributed by atoms with E-state index in [0.29, 0.717) is 5.92 Å². The Morgan fingerprint density at radius 3 is 2.40 bits per heavy atom. The summed E-state index contributed by atoms with van der Waals surface area (Å²) in [5, 5.41) is 0. The van der Waals surface area contributed by atoms with Gasteiger partial charge in [0, 0.05) is 13.1 Å². The third-order valence-electron chi connectivity index (χ3n) is 5.77. The Balaban J connectivity index is 1.43. The summed E-state index contributed by atoms with van der Waals surface area (Å²) < 4.78 is 38.2. The summed E-state index contributed by atoms with van der Waals surface area (Å²) >= 11 is 0. The van der Waals surface area contributed by atoms with E-state index < -0.39 is 11.7 Å². The average molecular weight is 345 g/mol. The van der Waals surface area contributed by atoms with Crippen LogP contribution in [0.25, 0.3) is 0 Å². The monoisotopic (exact) mass is 345 g/mol. The maximum absolute atomic E-state index is 12.7. The molecule has 132 valence electrons. The minimum absolute atomic E-state index is 0.271. The zero-order chi connectivity index (χ0) is 17.5. The molecule has 0 bridgehead atoms. The van der Waals surface area contributed by atoms with Crippen molar-refractivity contribution in [2.45, 2.75) is 37.9 Å². The van der Waals surface area contributed by atoms with Crippen molar-refractivity contribution in [2.24, 2.45) is 5.41 Å². The van der Waals surface area contributed by atoms with E-state index in [0.717, 1.165) is 31.6 Å². The van der Waals surface area contributed by atoms with Crippen LogP contribution >= 0.6 is 0 Å². The average Bonchev–Trinajstić information content (AvgIpc) is 3.28. The normalized spacial score (nSPS) is 26.8. The van der Waals surface area contributed by atoms with Gasteiger partial charge in [0.05, 0.1) is 5.56 Å².